The second kappa shape index (κ2) is 12.5. The Morgan fingerprint density at radius 3 is 2.39 bits per heavy atom. The van der Waals surface area contributed by atoms with Crippen molar-refractivity contribution < 1.29 is 28.5 Å². The van der Waals surface area contributed by atoms with Crippen molar-refractivity contribution in [2.75, 3.05) is 34.9 Å². The molecule has 0 N–H and O–H groups in total. The summed E-state index contributed by atoms with van der Waals surface area (Å²) in [5, 5.41) is 0. The van der Waals surface area contributed by atoms with E-state index in [-0.39, 0.29) is 24.9 Å². The monoisotopic (exact) mass is 427 g/mol. The van der Waals surface area contributed by atoms with Crippen LogP contribution in [0.4, 0.5) is 0 Å². The predicted octanol–water partition coefficient (Wildman–Crippen LogP) is 4.46. The molecule has 0 bridgehead atoms. The number of hydrogen-bond donors (Lipinski definition) is 0. The van der Waals surface area contributed by atoms with E-state index in [4.69, 9.17) is 23.7 Å². The molecule has 0 aliphatic carbocycles. The Labute approximate surface area is 183 Å². The second-order valence-corrected chi connectivity index (χ2v) is 6.80. The maximum Gasteiger partial charge on any atom is 0.193 e. The fourth-order valence-corrected chi connectivity index (χ4v) is 2.79. The molecule has 1 heterocycles. The van der Waals surface area contributed by atoms with E-state index in [1.165, 1.54) is 27.4 Å². The van der Waals surface area contributed by atoms with Crippen LogP contribution in [-0.4, -0.2) is 45.7 Å². The molecule has 2 aromatic rings. The first kappa shape index (κ1) is 24.1. The van der Waals surface area contributed by atoms with Gasteiger partial charge in [0.25, 0.3) is 0 Å². The van der Waals surface area contributed by atoms with Crippen molar-refractivity contribution in [1.29, 1.82) is 0 Å². The summed E-state index contributed by atoms with van der Waals surface area (Å²) in [6.07, 6.45) is 7.28. The summed E-state index contributed by atoms with van der Waals surface area (Å²) >= 11 is 0. The summed E-state index contributed by atoms with van der Waals surface area (Å²) in [5.74, 6) is 0.896. The van der Waals surface area contributed by atoms with Crippen LogP contribution in [0.5, 0.6) is 17.2 Å². The first-order chi connectivity index (χ1) is 15.0. The first-order valence-electron chi connectivity index (χ1n) is 9.75. The maximum atomic E-state index is 13.2. The summed E-state index contributed by atoms with van der Waals surface area (Å²) in [5.41, 5.74) is 2.77. The summed E-state index contributed by atoms with van der Waals surface area (Å²) in [4.78, 5) is 17.4. The van der Waals surface area contributed by atoms with E-state index in [9.17, 15) is 4.79 Å². The normalized spacial score (nSPS) is 10.7. The fourth-order valence-electron chi connectivity index (χ4n) is 2.79. The van der Waals surface area contributed by atoms with Crippen LogP contribution in [0.25, 0.3) is 6.08 Å². The van der Waals surface area contributed by atoms with Gasteiger partial charge in [0.05, 0.1) is 12.8 Å². The van der Waals surface area contributed by atoms with Gasteiger partial charge in [0.1, 0.15) is 22.8 Å². The zero-order chi connectivity index (χ0) is 22.6. The van der Waals surface area contributed by atoms with Gasteiger partial charge >= 0.3 is 0 Å². The Morgan fingerprint density at radius 1 is 1.03 bits per heavy atom. The fraction of sp³-hybridized carbons (Fsp3) is 0.333. The first-order valence-corrected chi connectivity index (χ1v) is 9.75. The van der Waals surface area contributed by atoms with Crippen LogP contribution in [0.2, 0.25) is 0 Å². The third kappa shape index (κ3) is 6.94. The average molecular weight is 427 g/mol. The topological polar surface area (TPSA) is 76.1 Å². The number of hydrogen-bond acceptors (Lipinski definition) is 7. The van der Waals surface area contributed by atoms with Crippen LogP contribution in [0.1, 0.15) is 35.5 Å². The lowest BCUT2D eigenvalue weighted by atomic mass is 9.99. The van der Waals surface area contributed by atoms with Crippen molar-refractivity contribution >= 4 is 11.9 Å². The molecule has 0 amide bonds. The SMILES string of the molecule is COCOc1cc(OC)c(C(=O)/C=C/c2ccccn2)c(OCOC)c1CC=C(C)C. The molecule has 7 nitrogen and oxygen atoms in total. The Balaban J connectivity index is 2.61. The quantitative estimate of drug-likeness (QED) is 0.214. The minimum absolute atomic E-state index is 0.0387. The maximum absolute atomic E-state index is 13.2. The van der Waals surface area contributed by atoms with Crippen molar-refractivity contribution in [2.45, 2.75) is 20.3 Å². The van der Waals surface area contributed by atoms with E-state index in [1.54, 1.807) is 18.3 Å². The standard InChI is InChI=1S/C24H29NO6/c1-17(2)9-11-19-21(30-15-27-3)14-22(29-5)23(24(19)31-16-28-4)20(26)12-10-18-8-6-7-13-25-18/h6-10,12-14H,11,15-16H2,1-5H3/b12-10+. The highest BCUT2D eigenvalue weighted by molar-refractivity contribution is 6.11. The van der Waals surface area contributed by atoms with E-state index in [0.717, 1.165) is 5.57 Å². The number of ketones is 1. The molecular formula is C24H29NO6. The van der Waals surface area contributed by atoms with Crippen LogP contribution < -0.4 is 14.2 Å². The van der Waals surface area contributed by atoms with Gasteiger partial charge in [-0.2, -0.15) is 0 Å². The Kier molecular flexibility index (Phi) is 9.74. The average Bonchev–Trinajstić information content (AvgIpc) is 2.78. The number of methoxy groups -OCH3 is 3. The van der Waals surface area contributed by atoms with Crippen molar-refractivity contribution in [1.82, 2.24) is 4.98 Å². The van der Waals surface area contributed by atoms with Gasteiger partial charge in [-0.1, -0.05) is 17.7 Å². The molecule has 0 aliphatic heterocycles. The highest BCUT2D eigenvalue weighted by Gasteiger charge is 2.25. The molecule has 0 saturated carbocycles. The highest BCUT2D eigenvalue weighted by Crippen LogP contribution is 2.41. The molecule has 0 radical (unpaired) electrons. The smallest absolute Gasteiger partial charge is 0.193 e. The van der Waals surface area contributed by atoms with Crippen LogP contribution in [0.15, 0.2) is 48.2 Å². The van der Waals surface area contributed by atoms with E-state index < -0.39 is 0 Å². The zero-order valence-corrected chi connectivity index (χ0v) is 18.6. The van der Waals surface area contributed by atoms with Crippen LogP contribution >= 0.6 is 0 Å². The lowest BCUT2D eigenvalue weighted by Gasteiger charge is -2.20. The zero-order valence-electron chi connectivity index (χ0n) is 18.6. The molecule has 0 unspecified atom stereocenters. The van der Waals surface area contributed by atoms with Gasteiger partial charge in [-0.25, -0.2) is 0 Å². The van der Waals surface area contributed by atoms with Crippen molar-refractivity contribution in [3.05, 3.63) is 65.0 Å². The molecule has 0 spiro atoms. The van der Waals surface area contributed by atoms with Crippen molar-refractivity contribution in [3.63, 3.8) is 0 Å². The van der Waals surface area contributed by atoms with Gasteiger partial charge in [0, 0.05) is 32.0 Å². The molecule has 7 heteroatoms. The van der Waals surface area contributed by atoms with Crippen LogP contribution in [0, 0.1) is 0 Å². The summed E-state index contributed by atoms with van der Waals surface area (Å²) in [6.45, 7) is 4.00. The molecule has 0 saturated heterocycles. The minimum Gasteiger partial charge on any atom is -0.496 e. The summed E-state index contributed by atoms with van der Waals surface area (Å²) < 4.78 is 27.3. The molecule has 31 heavy (non-hydrogen) atoms. The Hall–Kier alpha value is -3.16. The van der Waals surface area contributed by atoms with Gasteiger partial charge in [-0.05, 0) is 44.6 Å². The van der Waals surface area contributed by atoms with Gasteiger partial charge in [-0.3, -0.25) is 9.78 Å². The lowest BCUT2D eigenvalue weighted by Crippen LogP contribution is -2.12. The number of aromatic nitrogens is 1. The minimum atomic E-state index is -0.287. The van der Waals surface area contributed by atoms with E-state index in [0.29, 0.717) is 34.9 Å². The molecule has 1 aromatic carbocycles. The third-order valence-corrected chi connectivity index (χ3v) is 4.23. The van der Waals surface area contributed by atoms with E-state index >= 15 is 0 Å². The number of allylic oxidation sites excluding steroid dienone is 3. The van der Waals surface area contributed by atoms with E-state index in [1.807, 2.05) is 38.1 Å². The number of carbonyl (C=O) groups excluding carboxylic acids is 1. The van der Waals surface area contributed by atoms with Gasteiger partial charge in [-0.15, -0.1) is 0 Å². The summed E-state index contributed by atoms with van der Waals surface area (Å²) in [7, 11) is 4.54. The molecule has 0 fully saturated rings. The number of carbonyl (C=O) groups is 1. The number of rotatable bonds is 12. The second-order valence-electron chi connectivity index (χ2n) is 6.80. The Bertz CT molecular complexity index is 917. The lowest BCUT2D eigenvalue weighted by molar-refractivity contribution is 0.0441. The molecular weight excluding hydrogens is 398 g/mol. The van der Waals surface area contributed by atoms with Gasteiger partial charge in [0.2, 0.25) is 0 Å². The van der Waals surface area contributed by atoms with Crippen molar-refractivity contribution in [2.24, 2.45) is 0 Å². The van der Waals surface area contributed by atoms with Crippen molar-refractivity contribution in [3.8, 4) is 17.2 Å². The molecule has 2 rings (SSSR count). The number of nitrogens with zero attached hydrogens (tertiary/aromatic N) is 1. The van der Waals surface area contributed by atoms with Crippen LogP contribution in [-0.2, 0) is 15.9 Å². The molecule has 1 aromatic heterocycles. The van der Waals surface area contributed by atoms with Gasteiger partial charge < -0.3 is 23.7 Å². The molecule has 0 atom stereocenters. The number of pyridine rings is 1. The highest BCUT2D eigenvalue weighted by atomic mass is 16.7. The predicted molar refractivity (Wildman–Crippen MR) is 119 cm³/mol. The number of ether oxygens (including phenoxy) is 5. The largest absolute Gasteiger partial charge is 0.496 e. The van der Waals surface area contributed by atoms with Crippen LogP contribution in [0.3, 0.4) is 0 Å². The van der Waals surface area contributed by atoms with Gasteiger partial charge in [0.15, 0.2) is 19.4 Å². The summed E-state index contributed by atoms with van der Waals surface area (Å²) in [6, 6.07) is 7.15. The number of benzene rings is 1. The molecule has 0 aliphatic rings. The van der Waals surface area contributed by atoms with E-state index in [2.05, 4.69) is 4.98 Å². The molecule has 166 valence electrons. The Morgan fingerprint density at radius 2 is 1.77 bits per heavy atom. The third-order valence-electron chi connectivity index (χ3n) is 4.23.